The molecule has 1 aromatic carbocycles. The highest BCUT2D eigenvalue weighted by atomic mass is 19.1. The molecule has 0 aliphatic heterocycles. The van der Waals surface area contributed by atoms with Crippen LogP contribution in [0.3, 0.4) is 0 Å². The monoisotopic (exact) mass is 222 g/mol. The molecule has 0 aliphatic carbocycles. The van der Waals surface area contributed by atoms with E-state index in [0.29, 0.717) is 5.56 Å². The molecule has 0 unspecified atom stereocenters. The molecule has 1 rings (SSSR count). The zero-order chi connectivity index (χ0) is 12.1. The Kier molecular flexibility index (Phi) is 3.84. The summed E-state index contributed by atoms with van der Waals surface area (Å²) in [7, 11) is 0. The first-order valence-electron chi connectivity index (χ1n) is 4.72. The van der Waals surface area contributed by atoms with Gasteiger partial charge in [0.25, 0.3) is 0 Å². The Bertz CT molecular complexity index is 452. The molecule has 0 atom stereocenters. The number of aryl methyl sites for hydroxylation is 1. The Morgan fingerprint density at radius 2 is 2.31 bits per heavy atom. The van der Waals surface area contributed by atoms with E-state index in [4.69, 9.17) is 5.26 Å². The SMILES string of the molecule is CCOC(=O)Nc1cc(C)c(C#N)cc1F. The standard InChI is InChI=1S/C11H11FN2O2/c1-3-16-11(15)14-10-4-7(2)8(6-13)5-9(10)12/h4-5H,3H2,1-2H3,(H,14,15). The summed E-state index contributed by atoms with van der Waals surface area (Å²) in [5.74, 6) is -0.657. The van der Waals surface area contributed by atoms with Crippen LogP contribution in [-0.2, 0) is 4.74 Å². The molecule has 0 bridgehead atoms. The molecule has 0 fully saturated rings. The fraction of sp³-hybridized carbons (Fsp3) is 0.273. The number of nitrogens with zero attached hydrogens (tertiary/aromatic N) is 1. The van der Waals surface area contributed by atoms with Crippen LogP contribution in [-0.4, -0.2) is 12.7 Å². The minimum Gasteiger partial charge on any atom is -0.450 e. The third-order valence-corrected chi connectivity index (χ3v) is 1.95. The van der Waals surface area contributed by atoms with Crippen molar-refractivity contribution in [2.24, 2.45) is 0 Å². The zero-order valence-electron chi connectivity index (χ0n) is 9.00. The highest BCUT2D eigenvalue weighted by Gasteiger charge is 2.10. The molecule has 5 heteroatoms. The summed E-state index contributed by atoms with van der Waals surface area (Å²) < 4.78 is 18.0. The topological polar surface area (TPSA) is 62.1 Å². The van der Waals surface area contributed by atoms with Gasteiger partial charge in [-0.25, -0.2) is 9.18 Å². The Morgan fingerprint density at radius 3 is 2.88 bits per heavy atom. The molecule has 0 aliphatic rings. The average Bonchev–Trinajstić information content (AvgIpc) is 2.23. The molecule has 0 saturated carbocycles. The Morgan fingerprint density at radius 1 is 1.62 bits per heavy atom. The highest BCUT2D eigenvalue weighted by molar-refractivity contribution is 5.85. The van der Waals surface area contributed by atoms with Gasteiger partial charge in [0.1, 0.15) is 5.82 Å². The van der Waals surface area contributed by atoms with E-state index in [1.807, 2.05) is 6.07 Å². The zero-order valence-corrected chi connectivity index (χ0v) is 9.00. The first-order chi connectivity index (χ1) is 7.58. The lowest BCUT2D eigenvalue weighted by Gasteiger charge is -2.07. The summed E-state index contributed by atoms with van der Waals surface area (Å²) in [5, 5.41) is 10.9. The van der Waals surface area contributed by atoms with E-state index >= 15 is 0 Å². The van der Waals surface area contributed by atoms with Gasteiger partial charge in [-0.1, -0.05) is 0 Å². The van der Waals surface area contributed by atoms with Crippen molar-refractivity contribution in [2.45, 2.75) is 13.8 Å². The molecule has 1 aromatic rings. The number of anilines is 1. The van der Waals surface area contributed by atoms with E-state index in [2.05, 4.69) is 10.1 Å². The number of halogens is 1. The van der Waals surface area contributed by atoms with Crippen molar-refractivity contribution in [3.05, 3.63) is 29.1 Å². The molecule has 0 spiro atoms. The molecule has 0 saturated heterocycles. The second-order valence-corrected chi connectivity index (χ2v) is 3.10. The minimum absolute atomic E-state index is 0.00921. The quantitative estimate of drug-likeness (QED) is 0.836. The van der Waals surface area contributed by atoms with Crippen molar-refractivity contribution in [3.8, 4) is 6.07 Å². The number of ether oxygens (including phenoxy) is 1. The molecular formula is C11H11FN2O2. The maximum Gasteiger partial charge on any atom is 0.411 e. The van der Waals surface area contributed by atoms with Crippen LogP contribution in [0.2, 0.25) is 0 Å². The normalized spacial score (nSPS) is 9.38. The number of rotatable bonds is 2. The van der Waals surface area contributed by atoms with Gasteiger partial charge >= 0.3 is 6.09 Å². The predicted molar refractivity (Wildman–Crippen MR) is 56.5 cm³/mol. The van der Waals surface area contributed by atoms with Crippen molar-refractivity contribution in [1.82, 2.24) is 0 Å². The van der Waals surface area contributed by atoms with Gasteiger partial charge in [-0.3, -0.25) is 5.32 Å². The highest BCUT2D eigenvalue weighted by Crippen LogP contribution is 2.19. The van der Waals surface area contributed by atoms with Crippen LogP contribution in [0.4, 0.5) is 14.9 Å². The number of nitrogens with one attached hydrogen (secondary N) is 1. The lowest BCUT2D eigenvalue weighted by molar-refractivity contribution is 0.168. The van der Waals surface area contributed by atoms with Gasteiger partial charge < -0.3 is 4.74 Å². The first kappa shape index (κ1) is 12.0. The van der Waals surface area contributed by atoms with Crippen LogP contribution in [0.25, 0.3) is 0 Å². The summed E-state index contributed by atoms with van der Waals surface area (Å²) in [4.78, 5) is 11.1. The van der Waals surface area contributed by atoms with E-state index in [9.17, 15) is 9.18 Å². The van der Waals surface area contributed by atoms with Crippen molar-refractivity contribution >= 4 is 11.8 Å². The lowest BCUT2D eigenvalue weighted by atomic mass is 10.1. The molecule has 1 N–H and O–H groups in total. The summed E-state index contributed by atoms with van der Waals surface area (Å²) in [6, 6.07) is 4.33. The van der Waals surface area contributed by atoms with Crippen LogP contribution in [0.1, 0.15) is 18.1 Å². The van der Waals surface area contributed by atoms with Gasteiger partial charge in [-0.2, -0.15) is 5.26 Å². The summed E-state index contributed by atoms with van der Waals surface area (Å²) in [5.41, 5.74) is 0.845. The molecular weight excluding hydrogens is 211 g/mol. The summed E-state index contributed by atoms with van der Waals surface area (Å²) >= 11 is 0. The fourth-order valence-electron chi connectivity index (χ4n) is 1.17. The number of hydrogen-bond acceptors (Lipinski definition) is 3. The first-order valence-corrected chi connectivity index (χ1v) is 4.72. The second-order valence-electron chi connectivity index (χ2n) is 3.10. The molecule has 0 heterocycles. The molecule has 0 radical (unpaired) electrons. The number of carbonyl (C=O) groups excluding carboxylic acids is 1. The van der Waals surface area contributed by atoms with Gasteiger partial charge in [0, 0.05) is 0 Å². The van der Waals surface area contributed by atoms with Crippen LogP contribution in [0, 0.1) is 24.1 Å². The predicted octanol–water partition coefficient (Wildman–Crippen LogP) is 2.57. The van der Waals surface area contributed by atoms with Crippen molar-refractivity contribution < 1.29 is 13.9 Å². The van der Waals surface area contributed by atoms with Crippen molar-refractivity contribution in [3.63, 3.8) is 0 Å². The van der Waals surface area contributed by atoms with Crippen molar-refractivity contribution in [1.29, 1.82) is 5.26 Å². The van der Waals surface area contributed by atoms with Gasteiger partial charge in [0.05, 0.1) is 23.9 Å². The van der Waals surface area contributed by atoms with E-state index < -0.39 is 11.9 Å². The van der Waals surface area contributed by atoms with Gasteiger partial charge in [-0.05, 0) is 31.5 Å². The second kappa shape index (κ2) is 5.12. The Balaban J connectivity index is 2.95. The summed E-state index contributed by atoms with van der Waals surface area (Å²) in [6.07, 6.45) is -0.717. The molecule has 1 amide bonds. The number of carbonyl (C=O) groups is 1. The third kappa shape index (κ3) is 2.70. The van der Waals surface area contributed by atoms with Gasteiger partial charge in [0.15, 0.2) is 0 Å². The molecule has 16 heavy (non-hydrogen) atoms. The van der Waals surface area contributed by atoms with Crippen LogP contribution in [0.15, 0.2) is 12.1 Å². The smallest absolute Gasteiger partial charge is 0.411 e. The Hall–Kier alpha value is -2.09. The fourth-order valence-corrected chi connectivity index (χ4v) is 1.17. The number of hydrogen-bond donors (Lipinski definition) is 1. The minimum atomic E-state index is -0.717. The van der Waals surface area contributed by atoms with Crippen LogP contribution >= 0.6 is 0 Å². The van der Waals surface area contributed by atoms with E-state index in [0.717, 1.165) is 6.07 Å². The summed E-state index contributed by atoms with van der Waals surface area (Å²) in [6.45, 7) is 3.52. The number of benzene rings is 1. The average molecular weight is 222 g/mol. The van der Waals surface area contributed by atoms with Crippen LogP contribution < -0.4 is 5.32 Å². The largest absolute Gasteiger partial charge is 0.450 e. The van der Waals surface area contributed by atoms with Gasteiger partial charge in [0.2, 0.25) is 0 Å². The Labute approximate surface area is 92.6 Å². The maximum atomic E-state index is 13.4. The molecule has 84 valence electrons. The number of nitriles is 1. The lowest BCUT2D eigenvalue weighted by Crippen LogP contribution is -2.14. The van der Waals surface area contributed by atoms with E-state index in [-0.39, 0.29) is 17.9 Å². The van der Waals surface area contributed by atoms with Crippen molar-refractivity contribution in [2.75, 3.05) is 11.9 Å². The third-order valence-electron chi connectivity index (χ3n) is 1.95. The number of amides is 1. The van der Waals surface area contributed by atoms with Gasteiger partial charge in [-0.15, -0.1) is 0 Å². The maximum absolute atomic E-state index is 13.4. The van der Waals surface area contributed by atoms with Crippen LogP contribution in [0.5, 0.6) is 0 Å². The van der Waals surface area contributed by atoms with E-state index in [1.54, 1.807) is 13.8 Å². The van der Waals surface area contributed by atoms with E-state index in [1.165, 1.54) is 6.07 Å². The molecule has 0 aromatic heterocycles. The molecule has 4 nitrogen and oxygen atoms in total.